The molecule has 2 aliphatic rings. The molecular weight excluding hydrogens is 358 g/mol. The summed E-state index contributed by atoms with van der Waals surface area (Å²) in [6.07, 6.45) is 0.172. The number of fused-ring (bicyclic) bond motifs is 2. The van der Waals surface area contributed by atoms with Crippen LogP contribution < -0.4 is 24.3 Å². The van der Waals surface area contributed by atoms with Crippen LogP contribution in [0.2, 0.25) is 0 Å². The van der Waals surface area contributed by atoms with Gasteiger partial charge in [-0.05, 0) is 35.7 Å². The summed E-state index contributed by atoms with van der Waals surface area (Å²) in [5.74, 6) is 2.71. The Morgan fingerprint density at radius 2 is 1.68 bits per heavy atom. The van der Waals surface area contributed by atoms with Crippen LogP contribution in [0.3, 0.4) is 0 Å². The number of carbonyl (C=O) groups is 1. The zero-order chi connectivity index (χ0) is 19.5. The minimum absolute atomic E-state index is 0.176. The van der Waals surface area contributed by atoms with Crippen LogP contribution in [0.25, 0.3) is 0 Å². The number of ether oxygens (including phenoxy) is 4. The van der Waals surface area contributed by atoms with Gasteiger partial charge in [0, 0.05) is 6.42 Å². The molecule has 0 bridgehead atoms. The Morgan fingerprint density at radius 3 is 2.46 bits per heavy atom. The van der Waals surface area contributed by atoms with Crippen molar-refractivity contribution in [3.05, 3.63) is 48.0 Å². The highest BCUT2D eigenvalue weighted by molar-refractivity contribution is 5.82. The fourth-order valence-corrected chi connectivity index (χ4v) is 3.40. The minimum Gasteiger partial charge on any atom is -0.490 e. The van der Waals surface area contributed by atoms with Gasteiger partial charge in [-0.25, -0.2) is 0 Å². The molecule has 148 valence electrons. The van der Waals surface area contributed by atoms with Gasteiger partial charge in [0.05, 0.1) is 19.3 Å². The lowest BCUT2D eigenvalue weighted by molar-refractivity contribution is -0.131. The molecule has 0 aliphatic carbocycles. The Labute approximate surface area is 164 Å². The maximum atomic E-state index is 12.9. The Morgan fingerprint density at radius 1 is 0.964 bits per heavy atom. The monoisotopic (exact) mass is 383 g/mol. The van der Waals surface area contributed by atoms with Gasteiger partial charge in [-0.2, -0.15) is 0 Å². The van der Waals surface area contributed by atoms with Crippen molar-refractivity contribution >= 4 is 5.91 Å². The summed E-state index contributed by atoms with van der Waals surface area (Å²) in [6.45, 7) is 5.61. The molecule has 0 radical (unpaired) electrons. The summed E-state index contributed by atoms with van der Waals surface area (Å²) in [7, 11) is 0. The lowest BCUT2D eigenvalue weighted by atomic mass is 9.95. The highest BCUT2D eigenvalue weighted by atomic mass is 16.6. The third kappa shape index (κ3) is 3.86. The van der Waals surface area contributed by atoms with E-state index >= 15 is 0 Å². The van der Waals surface area contributed by atoms with E-state index in [0.29, 0.717) is 24.7 Å². The Balaban J connectivity index is 1.50. The number of nitrogens with one attached hydrogen (secondary N) is 1. The van der Waals surface area contributed by atoms with Crippen LogP contribution in [0.1, 0.15) is 31.9 Å². The van der Waals surface area contributed by atoms with Gasteiger partial charge in [-0.15, -0.1) is 0 Å². The molecule has 2 heterocycles. The summed E-state index contributed by atoms with van der Waals surface area (Å²) in [6, 6.07) is 13.0. The van der Waals surface area contributed by atoms with E-state index in [1.165, 1.54) is 0 Å². The highest BCUT2D eigenvalue weighted by Crippen LogP contribution is 2.35. The Bertz CT molecular complexity index is 851. The number of hydrogen-bond acceptors (Lipinski definition) is 5. The van der Waals surface area contributed by atoms with Gasteiger partial charge < -0.3 is 24.3 Å². The van der Waals surface area contributed by atoms with E-state index in [0.717, 1.165) is 23.5 Å². The lowest BCUT2D eigenvalue weighted by Gasteiger charge is -2.29. The standard InChI is InChI=1S/C22H25NO5/c1-14(2)21(15-8-9-17-19(12-15)26-11-5-10-25-17)23-22(24)20-13-27-16-6-3-4-7-18(16)28-20/h3-4,6-9,12,14,20-21H,5,10-11,13H2,1-2H3,(H,23,24)/t20-,21-/m0/s1. The Kier molecular flexibility index (Phi) is 5.28. The first-order valence-corrected chi connectivity index (χ1v) is 9.70. The van der Waals surface area contributed by atoms with Crippen LogP contribution in [0.4, 0.5) is 0 Å². The van der Waals surface area contributed by atoms with Crippen LogP contribution in [0, 0.1) is 5.92 Å². The van der Waals surface area contributed by atoms with Crippen LogP contribution in [0.15, 0.2) is 42.5 Å². The van der Waals surface area contributed by atoms with Crippen molar-refractivity contribution in [1.82, 2.24) is 5.32 Å². The predicted octanol–water partition coefficient (Wildman–Crippen LogP) is 3.50. The van der Waals surface area contributed by atoms with Crippen LogP contribution >= 0.6 is 0 Å². The van der Waals surface area contributed by atoms with Crippen LogP contribution in [-0.2, 0) is 4.79 Å². The lowest BCUT2D eigenvalue weighted by Crippen LogP contribution is -2.46. The molecule has 1 amide bonds. The molecule has 2 aromatic carbocycles. The number of rotatable bonds is 4. The second-order valence-electron chi connectivity index (χ2n) is 7.35. The fourth-order valence-electron chi connectivity index (χ4n) is 3.40. The second-order valence-corrected chi connectivity index (χ2v) is 7.35. The van der Waals surface area contributed by atoms with E-state index in [1.807, 2.05) is 36.4 Å². The largest absolute Gasteiger partial charge is 0.490 e. The van der Waals surface area contributed by atoms with Crippen molar-refractivity contribution in [3.8, 4) is 23.0 Å². The Hall–Kier alpha value is -2.89. The molecular formula is C22H25NO5. The fraction of sp³-hybridized carbons (Fsp3) is 0.409. The van der Waals surface area contributed by atoms with Crippen molar-refractivity contribution in [2.24, 2.45) is 5.92 Å². The van der Waals surface area contributed by atoms with Gasteiger partial charge in [-0.3, -0.25) is 4.79 Å². The topological polar surface area (TPSA) is 66.0 Å². The van der Waals surface area contributed by atoms with Gasteiger partial charge >= 0.3 is 0 Å². The zero-order valence-corrected chi connectivity index (χ0v) is 16.1. The SMILES string of the molecule is CC(C)[C@H](NC(=O)[C@@H]1COc2ccccc2O1)c1ccc2c(c1)OCCCO2. The minimum atomic E-state index is -0.684. The van der Waals surface area contributed by atoms with Crippen molar-refractivity contribution < 1.29 is 23.7 Å². The molecule has 1 N–H and O–H groups in total. The second kappa shape index (κ2) is 8.00. The van der Waals surface area contributed by atoms with Gasteiger partial charge in [0.25, 0.3) is 5.91 Å². The summed E-state index contributed by atoms with van der Waals surface area (Å²) < 4.78 is 23.0. The predicted molar refractivity (Wildman–Crippen MR) is 104 cm³/mol. The van der Waals surface area contributed by atoms with E-state index in [1.54, 1.807) is 6.07 Å². The maximum Gasteiger partial charge on any atom is 0.265 e. The molecule has 2 atom stereocenters. The van der Waals surface area contributed by atoms with E-state index in [9.17, 15) is 4.79 Å². The molecule has 6 heteroatoms. The number of carbonyl (C=O) groups excluding carboxylic acids is 1. The molecule has 28 heavy (non-hydrogen) atoms. The normalized spacial score (nSPS) is 18.9. The molecule has 0 saturated heterocycles. The molecule has 0 aromatic heterocycles. The number of amides is 1. The van der Waals surface area contributed by atoms with Gasteiger partial charge in [0.1, 0.15) is 6.61 Å². The first-order chi connectivity index (χ1) is 13.6. The maximum absolute atomic E-state index is 12.9. The first kappa shape index (κ1) is 18.5. The molecule has 0 unspecified atom stereocenters. The first-order valence-electron chi connectivity index (χ1n) is 9.70. The molecule has 4 rings (SSSR count). The van der Waals surface area contributed by atoms with Gasteiger partial charge in [0.2, 0.25) is 6.10 Å². The van der Waals surface area contributed by atoms with E-state index in [-0.39, 0.29) is 24.5 Å². The number of benzene rings is 2. The molecule has 0 spiro atoms. The van der Waals surface area contributed by atoms with Crippen molar-refractivity contribution in [1.29, 1.82) is 0 Å². The summed E-state index contributed by atoms with van der Waals surface area (Å²) in [5.41, 5.74) is 0.977. The average Bonchev–Trinajstić information content (AvgIpc) is 2.96. The number of para-hydroxylation sites is 2. The van der Waals surface area contributed by atoms with Crippen molar-refractivity contribution in [2.45, 2.75) is 32.4 Å². The summed E-state index contributed by atoms with van der Waals surface area (Å²) in [5, 5.41) is 3.12. The van der Waals surface area contributed by atoms with Crippen molar-refractivity contribution in [2.75, 3.05) is 19.8 Å². The molecule has 6 nitrogen and oxygen atoms in total. The van der Waals surface area contributed by atoms with Crippen molar-refractivity contribution in [3.63, 3.8) is 0 Å². The average molecular weight is 383 g/mol. The highest BCUT2D eigenvalue weighted by Gasteiger charge is 2.30. The van der Waals surface area contributed by atoms with E-state index in [2.05, 4.69) is 19.2 Å². The molecule has 2 aromatic rings. The smallest absolute Gasteiger partial charge is 0.265 e. The van der Waals surface area contributed by atoms with Crippen LogP contribution in [0.5, 0.6) is 23.0 Å². The zero-order valence-electron chi connectivity index (χ0n) is 16.1. The van der Waals surface area contributed by atoms with Gasteiger partial charge in [0.15, 0.2) is 23.0 Å². The summed E-state index contributed by atoms with van der Waals surface area (Å²) in [4.78, 5) is 12.9. The molecule has 0 fully saturated rings. The van der Waals surface area contributed by atoms with Gasteiger partial charge in [-0.1, -0.05) is 32.0 Å². The molecule has 0 saturated carbocycles. The van der Waals surface area contributed by atoms with E-state index in [4.69, 9.17) is 18.9 Å². The number of hydrogen-bond donors (Lipinski definition) is 1. The molecule has 2 aliphatic heterocycles. The quantitative estimate of drug-likeness (QED) is 0.875. The van der Waals surface area contributed by atoms with E-state index < -0.39 is 6.10 Å². The third-order valence-electron chi connectivity index (χ3n) is 4.90. The third-order valence-corrected chi connectivity index (χ3v) is 4.90. The van der Waals surface area contributed by atoms with Crippen LogP contribution in [-0.4, -0.2) is 31.8 Å². The summed E-state index contributed by atoms with van der Waals surface area (Å²) >= 11 is 0.